The number of hydrogen-bond acceptors (Lipinski definition) is 4. The number of benzene rings is 1. The maximum absolute atomic E-state index is 5.66. The number of fused-ring (bicyclic) bond motifs is 1. The number of anilines is 2. The van der Waals surface area contributed by atoms with E-state index in [9.17, 15) is 0 Å². The predicted octanol–water partition coefficient (Wildman–Crippen LogP) is 2.28. The molecular formula is C11H16N4. The molecule has 0 spiro atoms. The van der Waals surface area contributed by atoms with Gasteiger partial charge in [-0.3, -0.25) is 0 Å². The first-order valence-corrected chi connectivity index (χ1v) is 4.99. The molecular weight excluding hydrogens is 188 g/mol. The lowest BCUT2D eigenvalue weighted by molar-refractivity contribution is 1.21. The van der Waals surface area contributed by atoms with E-state index in [1.165, 1.54) is 6.33 Å². The van der Waals surface area contributed by atoms with E-state index >= 15 is 0 Å². The summed E-state index contributed by atoms with van der Waals surface area (Å²) in [5.41, 5.74) is 7.28. The number of nitrogens with two attached hydrogens (primary N) is 1. The molecule has 0 fully saturated rings. The first-order chi connectivity index (χ1) is 7.31. The average molecular weight is 204 g/mol. The van der Waals surface area contributed by atoms with Crippen molar-refractivity contribution in [1.29, 1.82) is 0 Å². The van der Waals surface area contributed by atoms with Crippen LogP contribution in [0.5, 0.6) is 0 Å². The SMILES string of the molecule is CC.CNc1ncnc2ccc(N)cc12. The Morgan fingerprint density at radius 1 is 1.20 bits per heavy atom. The molecule has 1 aromatic heterocycles. The standard InChI is InChI=1S/C9H10N4.C2H6/c1-11-9-7-4-6(10)2-3-8(7)12-5-13-9;1-2/h2-5H,10H2,1H3,(H,11,12,13);1-2H3. The normalized spacial score (nSPS) is 9.27. The number of rotatable bonds is 1. The third-order valence-corrected chi connectivity index (χ3v) is 1.90. The highest BCUT2D eigenvalue weighted by atomic mass is 15.0. The number of nitrogens with zero attached hydrogens (tertiary/aromatic N) is 2. The van der Waals surface area contributed by atoms with Gasteiger partial charge in [0.05, 0.1) is 5.52 Å². The fraction of sp³-hybridized carbons (Fsp3) is 0.273. The Hall–Kier alpha value is -1.84. The zero-order valence-electron chi connectivity index (χ0n) is 9.28. The Morgan fingerprint density at radius 2 is 1.93 bits per heavy atom. The molecule has 0 aliphatic heterocycles. The van der Waals surface area contributed by atoms with Crippen molar-refractivity contribution in [3.63, 3.8) is 0 Å². The highest BCUT2D eigenvalue weighted by Gasteiger charge is 2.00. The monoisotopic (exact) mass is 204 g/mol. The van der Waals surface area contributed by atoms with Gasteiger partial charge in [-0.2, -0.15) is 0 Å². The van der Waals surface area contributed by atoms with Crippen molar-refractivity contribution < 1.29 is 0 Å². The molecule has 2 rings (SSSR count). The molecule has 0 amide bonds. The van der Waals surface area contributed by atoms with Crippen LogP contribution in [-0.4, -0.2) is 17.0 Å². The van der Waals surface area contributed by atoms with Crippen LogP contribution in [0.1, 0.15) is 13.8 Å². The van der Waals surface area contributed by atoms with E-state index in [-0.39, 0.29) is 0 Å². The molecule has 4 heteroatoms. The van der Waals surface area contributed by atoms with Crippen LogP contribution < -0.4 is 11.1 Å². The van der Waals surface area contributed by atoms with Crippen molar-refractivity contribution in [3.05, 3.63) is 24.5 Å². The van der Waals surface area contributed by atoms with Crippen LogP contribution in [0.4, 0.5) is 11.5 Å². The van der Waals surface area contributed by atoms with E-state index in [0.29, 0.717) is 0 Å². The highest BCUT2D eigenvalue weighted by Crippen LogP contribution is 2.20. The smallest absolute Gasteiger partial charge is 0.137 e. The molecule has 3 N–H and O–H groups in total. The molecule has 0 radical (unpaired) electrons. The van der Waals surface area contributed by atoms with Gasteiger partial charge in [0.25, 0.3) is 0 Å². The van der Waals surface area contributed by atoms with Crippen molar-refractivity contribution in [3.8, 4) is 0 Å². The van der Waals surface area contributed by atoms with Crippen molar-refractivity contribution in [2.45, 2.75) is 13.8 Å². The third kappa shape index (κ3) is 2.34. The maximum atomic E-state index is 5.66. The lowest BCUT2D eigenvalue weighted by Crippen LogP contribution is -1.95. The first-order valence-electron chi connectivity index (χ1n) is 4.99. The molecule has 0 bridgehead atoms. The van der Waals surface area contributed by atoms with Gasteiger partial charge in [-0.25, -0.2) is 9.97 Å². The number of nitrogen functional groups attached to an aromatic ring is 1. The van der Waals surface area contributed by atoms with Gasteiger partial charge in [0.2, 0.25) is 0 Å². The minimum Gasteiger partial charge on any atom is -0.399 e. The Morgan fingerprint density at radius 3 is 2.60 bits per heavy atom. The fourth-order valence-corrected chi connectivity index (χ4v) is 1.27. The third-order valence-electron chi connectivity index (χ3n) is 1.90. The number of aromatic nitrogens is 2. The quantitative estimate of drug-likeness (QED) is 0.699. The molecule has 0 saturated heterocycles. The van der Waals surface area contributed by atoms with Gasteiger partial charge in [-0.1, -0.05) is 13.8 Å². The molecule has 80 valence electrons. The van der Waals surface area contributed by atoms with Crippen LogP contribution >= 0.6 is 0 Å². The van der Waals surface area contributed by atoms with Gasteiger partial charge < -0.3 is 11.1 Å². The van der Waals surface area contributed by atoms with Crippen molar-refractivity contribution >= 4 is 22.4 Å². The zero-order chi connectivity index (χ0) is 11.3. The summed E-state index contributed by atoms with van der Waals surface area (Å²) in [6.07, 6.45) is 1.53. The summed E-state index contributed by atoms with van der Waals surface area (Å²) in [6.45, 7) is 4.00. The van der Waals surface area contributed by atoms with Crippen LogP contribution in [0.25, 0.3) is 10.9 Å². The van der Waals surface area contributed by atoms with E-state index in [1.54, 1.807) is 0 Å². The predicted molar refractivity (Wildman–Crippen MR) is 64.8 cm³/mol. The topological polar surface area (TPSA) is 63.8 Å². The lowest BCUT2D eigenvalue weighted by atomic mass is 10.2. The van der Waals surface area contributed by atoms with E-state index in [1.807, 2.05) is 39.1 Å². The van der Waals surface area contributed by atoms with Crippen LogP contribution in [0.15, 0.2) is 24.5 Å². The largest absolute Gasteiger partial charge is 0.399 e. The van der Waals surface area contributed by atoms with Gasteiger partial charge in [-0.15, -0.1) is 0 Å². The second kappa shape index (κ2) is 5.14. The summed E-state index contributed by atoms with van der Waals surface area (Å²) in [5, 5.41) is 3.94. The molecule has 0 atom stereocenters. The number of hydrogen-bond donors (Lipinski definition) is 2. The summed E-state index contributed by atoms with van der Waals surface area (Å²) in [4.78, 5) is 8.21. The van der Waals surface area contributed by atoms with Gasteiger partial charge in [0.15, 0.2) is 0 Å². The second-order valence-corrected chi connectivity index (χ2v) is 2.75. The fourth-order valence-electron chi connectivity index (χ4n) is 1.27. The summed E-state index contributed by atoms with van der Waals surface area (Å²) in [7, 11) is 1.82. The van der Waals surface area contributed by atoms with Crippen LogP contribution in [0.3, 0.4) is 0 Å². The van der Waals surface area contributed by atoms with Gasteiger partial charge in [0, 0.05) is 18.1 Å². The van der Waals surface area contributed by atoms with Gasteiger partial charge >= 0.3 is 0 Å². The Bertz CT molecular complexity index is 440. The minimum absolute atomic E-state index is 0.721. The molecule has 0 aliphatic rings. The molecule has 1 aromatic carbocycles. The molecule has 2 aromatic rings. The van der Waals surface area contributed by atoms with Crippen LogP contribution in [0, 0.1) is 0 Å². The number of nitrogens with one attached hydrogen (secondary N) is 1. The van der Waals surface area contributed by atoms with Crippen molar-refractivity contribution in [1.82, 2.24) is 9.97 Å². The van der Waals surface area contributed by atoms with Crippen molar-refractivity contribution in [2.24, 2.45) is 0 Å². The van der Waals surface area contributed by atoms with E-state index in [4.69, 9.17) is 5.73 Å². The Labute approximate surface area is 89.5 Å². The van der Waals surface area contributed by atoms with E-state index < -0.39 is 0 Å². The molecule has 1 heterocycles. The second-order valence-electron chi connectivity index (χ2n) is 2.75. The van der Waals surface area contributed by atoms with Gasteiger partial charge in [-0.05, 0) is 18.2 Å². The summed E-state index contributed by atoms with van der Waals surface area (Å²) < 4.78 is 0. The highest BCUT2D eigenvalue weighted by molar-refractivity contribution is 5.90. The molecule has 0 aliphatic carbocycles. The molecule has 0 saturated carbocycles. The average Bonchev–Trinajstić information content (AvgIpc) is 2.31. The van der Waals surface area contributed by atoms with Gasteiger partial charge in [0.1, 0.15) is 12.1 Å². The summed E-state index contributed by atoms with van der Waals surface area (Å²) in [6, 6.07) is 5.57. The van der Waals surface area contributed by atoms with Crippen LogP contribution in [0.2, 0.25) is 0 Å². The van der Waals surface area contributed by atoms with E-state index in [2.05, 4.69) is 15.3 Å². The molecule has 0 unspecified atom stereocenters. The Balaban J connectivity index is 0.000000531. The van der Waals surface area contributed by atoms with Crippen molar-refractivity contribution in [2.75, 3.05) is 18.1 Å². The lowest BCUT2D eigenvalue weighted by Gasteiger charge is -2.03. The minimum atomic E-state index is 0.721. The zero-order valence-corrected chi connectivity index (χ0v) is 9.28. The van der Waals surface area contributed by atoms with E-state index in [0.717, 1.165) is 22.4 Å². The molecule has 15 heavy (non-hydrogen) atoms. The molecule has 4 nitrogen and oxygen atoms in total. The van der Waals surface area contributed by atoms with Crippen LogP contribution in [-0.2, 0) is 0 Å². The summed E-state index contributed by atoms with van der Waals surface area (Å²) in [5.74, 6) is 0.803. The first kappa shape index (κ1) is 11.2. The summed E-state index contributed by atoms with van der Waals surface area (Å²) >= 11 is 0. The Kier molecular flexibility index (Phi) is 3.85. The maximum Gasteiger partial charge on any atom is 0.137 e.